The largest absolute Gasteiger partial charge is 0.497 e. The molecule has 1 aromatic carbocycles. The fraction of sp³-hybridized carbons (Fsp3) is 0.0769. The minimum atomic E-state index is -1.21. The van der Waals surface area contributed by atoms with E-state index < -0.39 is 11.8 Å². The molecule has 0 saturated carbocycles. The normalized spacial score (nSPS) is 10.2. The Morgan fingerprint density at radius 1 is 1.42 bits per heavy atom. The molecule has 1 heterocycles. The van der Waals surface area contributed by atoms with E-state index in [2.05, 4.69) is 4.98 Å². The molecule has 0 unspecified atom stereocenters. The number of nitrogens with two attached hydrogens (primary N) is 1. The molecule has 2 aromatic rings. The summed E-state index contributed by atoms with van der Waals surface area (Å²) in [5.41, 5.74) is 5.81. The predicted molar refractivity (Wildman–Crippen MR) is 67.6 cm³/mol. The summed E-state index contributed by atoms with van der Waals surface area (Å²) in [7, 11) is 1.46. The van der Waals surface area contributed by atoms with Crippen LogP contribution in [-0.4, -0.2) is 23.2 Å². The number of nitrogen functional groups attached to an aromatic ring is 1. The maximum atomic E-state index is 13.8. The molecule has 0 atom stereocenters. The Morgan fingerprint density at radius 3 is 2.79 bits per heavy atom. The molecule has 0 saturated heterocycles. The van der Waals surface area contributed by atoms with Crippen LogP contribution in [0.2, 0.25) is 0 Å². The Balaban J connectivity index is 2.59. The molecule has 0 bridgehead atoms. The zero-order chi connectivity index (χ0) is 14.0. The van der Waals surface area contributed by atoms with Crippen molar-refractivity contribution in [3.05, 3.63) is 41.8 Å². The van der Waals surface area contributed by atoms with Crippen LogP contribution in [0.5, 0.6) is 5.75 Å². The topological polar surface area (TPSA) is 85.4 Å². The number of hydrogen-bond donors (Lipinski definition) is 2. The number of nitrogens with zero attached hydrogens (tertiary/aromatic N) is 1. The third kappa shape index (κ3) is 2.47. The summed E-state index contributed by atoms with van der Waals surface area (Å²) in [4.78, 5) is 14.7. The van der Waals surface area contributed by atoms with E-state index in [1.807, 2.05) is 0 Å². The minimum Gasteiger partial charge on any atom is -0.497 e. The number of carbonyl (C=O) groups is 1. The van der Waals surface area contributed by atoms with Crippen LogP contribution in [0.4, 0.5) is 10.2 Å². The average molecular weight is 262 g/mol. The standard InChI is InChI=1S/C13H11FN2O3/c1-19-8-2-3-11(14)9(5-8)7-4-10(13(17)18)12(15)16-6-7/h2-6H,1H3,(H2,15,16)(H,17,18). The van der Waals surface area contributed by atoms with Gasteiger partial charge in [0.05, 0.1) is 7.11 Å². The molecule has 0 aliphatic rings. The quantitative estimate of drug-likeness (QED) is 0.885. The van der Waals surface area contributed by atoms with Gasteiger partial charge in [0, 0.05) is 17.3 Å². The highest BCUT2D eigenvalue weighted by Crippen LogP contribution is 2.28. The van der Waals surface area contributed by atoms with Crippen molar-refractivity contribution < 1.29 is 19.0 Å². The second kappa shape index (κ2) is 4.93. The number of pyridine rings is 1. The molecule has 0 fully saturated rings. The van der Waals surface area contributed by atoms with Crippen molar-refractivity contribution in [2.75, 3.05) is 12.8 Å². The fourth-order valence-electron chi connectivity index (χ4n) is 1.65. The van der Waals surface area contributed by atoms with Crippen LogP contribution in [0.3, 0.4) is 0 Å². The predicted octanol–water partition coefficient (Wildman–Crippen LogP) is 2.18. The first kappa shape index (κ1) is 12.8. The number of aromatic carboxylic acids is 1. The van der Waals surface area contributed by atoms with Gasteiger partial charge in [0.2, 0.25) is 0 Å². The number of ether oxygens (including phenoxy) is 1. The lowest BCUT2D eigenvalue weighted by Crippen LogP contribution is -2.05. The van der Waals surface area contributed by atoms with Crippen molar-refractivity contribution in [1.82, 2.24) is 4.98 Å². The van der Waals surface area contributed by atoms with E-state index in [-0.39, 0.29) is 16.9 Å². The maximum Gasteiger partial charge on any atom is 0.339 e. The SMILES string of the molecule is COc1ccc(F)c(-c2cnc(N)c(C(=O)O)c2)c1. The third-order valence-corrected chi connectivity index (χ3v) is 2.63. The molecule has 5 nitrogen and oxygen atoms in total. The molecule has 1 aromatic heterocycles. The number of anilines is 1. The van der Waals surface area contributed by atoms with Crippen LogP contribution in [0.1, 0.15) is 10.4 Å². The Hall–Kier alpha value is -2.63. The van der Waals surface area contributed by atoms with Crippen LogP contribution in [0, 0.1) is 5.82 Å². The smallest absolute Gasteiger partial charge is 0.339 e. The second-order valence-corrected chi connectivity index (χ2v) is 3.81. The van der Waals surface area contributed by atoms with Crippen molar-refractivity contribution in [2.45, 2.75) is 0 Å². The van der Waals surface area contributed by atoms with Crippen LogP contribution < -0.4 is 10.5 Å². The van der Waals surface area contributed by atoms with Crippen LogP contribution in [0.25, 0.3) is 11.1 Å². The Bertz CT molecular complexity index is 644. The van der Waals surface area contributed by atoms with Gasteiger partial charge in [-0.15, -0.1) is 0 Å². The van der Waals surface area contributed by atoms with Gasteiger partial charge in [0.15, 0.2) is 0 Å². The van der Waals surface area contributed by atoms with Gasteiger partial charge in [-0.05, 0) is 24.3 Å². The molecule has 3 N–H and O–H groups in total. The molecule has 0 aliphatic heterocycles. The number of benzene rings is 1. The number of carboxylic acid groups (broad SMARTS) is 1. The van der Waals surface area contributed by atoms with Crippen molar-refractivity contribution in [3.63, 3.8) is 0 Å². The average Bonchev–Trinajstić information content (AvgIpc) is 2.40. The van der Waals surface area contributed by atoms with E-state index >= 15 is 0 Å². The molecule has 6 heteroatoms. The van der Waals surface area contributed by atoms with Crippen molar-refractivity contribution >= 4 is 11.8 Å². The molecular weight excluding hydrogens is 251 g/mol. The lowest BCUT2D eigenvalue weighted by atomic mass is 10.0. The molecule has 0 radical (unpaired) electrons. The van der Waals surface area contributed by atoms with E-state index in [4.69, 9.17) is 15.6 Å². The number of methoxy groups -OCH3 is 1. The Kier molecular flexibility index (Phi) is 3.33. The molecule has 0 aliphatic carbocycles. The zero-order valence-electron chi connectivity index (χ0n) is 10.1. The molecule has 0 amide bonds. The molecule has 19 heavy (non-hydrogen) atoms. The van der Waals surface area contributed by atoms with E-state index in [9.17, 15) is 9.18 Å². The van der Waals surface area contributed by atoms with Gasteiger partial charge in [0.25, 0.3) is 0 Å². The summed E-state index contributed by atoms with van der Waals surface area (Å²) in [5, 5.41) is 8.97. The first-order valence-corrected chi connectivity index (χ1v) is 5.35. The molecule has 98 valence electrons. The van der Waals surface area contributed by atoms with Gasteiger partial charge in [-0.1, -0.05) is 0 Å². The van der Waals surface area contributed by atoms with Crippen LogP contribution in [-0.2, 0) is 0 Å². The highest BCUT2D eigenvalue weighted by molar-refractivity contribution is 5.94. The van der Waals surface area contributed by atoms with E-state index in [1.54, 1.807) is 0 Å². The van der Waals surface area contributed by atoms with Gasteiger partial charge in [-0.2, -0.15) is 0 Å². The first-order chi connectivity index (χ1) is 9.02. The summed E-state index contributed by atoms with van der Waals surface area (Å²) in [6.07, 6.45) is 1.32. The minimum absolute atomic E-state index is 0.112. The monoisotopic (exact) mass is 262 g/mol. The third-order valence-electron chi connectivity index (χ3n) is 2.63. The van der Waals surface area contributed by atoms with Gasteiger partial charge in [0.1, 0.15) is 22.9 Å². The highest BCUT2D eigenvalue weighted by Gasteiger charge is 2.13. The fourth-order valence-corrected chi connectivity index (χ4v) is 1.65. The number of hydrogen-bond acceptors (Lipinski definition) is 4. The van der Waals surface area contributed by atoms with Crippen molar-refractivity contribution in [3.8, 4) is 16.9 Å². The zero-order valence-corrected chi connectivity index (χ0v) is 10.1. The van der Waals surface area contributed by atoms with Gasteiger partial charge in [-0.3, -0.25) is 0 Å². The second-order valence-electron chi connectivity index (χ2n) is 3.81. The maximum absolute atomic E-state index is 13.8. The number of carboxylic acids is 1. The van der Waals surface area contributed by atoms with Gasteiger partial charge < -0.3 is 15.6 Å². The van der Waals surface area contributed by atoms with E-state index in [0.29, 0.717) is 11.3 Å². The summed E-state index contributed by atoms with van der Waals surface area (Å²) in [6.45, 7) is 0. The van der Waals surface area contributed by atoms with E-state index in [1.165, 1.54) is 37.6 Å². The number of halogens is 1. The summed E-state index contributed by atoms with van der Waals surface area (Å²) in [6, 6.07) is 5.46. The molecular formula is C13H11FN2O3. The number of rotatable bonds is 3. The lowest BCUT2D eigenvalue weighted by molar-refractivity contribution is 0.0697. The van der Waals surface area contributed by atoms with Crippen LogP contribution in [0.15, 0.2) is 30.5 Å². The lowest BCUT2D eigenvalue weighted by Gasteiger charge is -2.08. The molecule has 0 spiro atoms. The highest BCUT2D eigenvalue weighted by atomic mass is 19.1. The van der Waals surface area contributed by atoms with Crippen LogP contribution >= 0.6 is 0 Å². The van der Waals surface area contributed by atoms with Gasteiger partial charge in [-0.25, -0.2) is 14.2 Å². The van der Waals surface area contributed by atoms with Crippen molar-refractivity contribution in [1.29, 1.82) is 0 Å². The van der Waals surface area contributed by atoms with Crippen molar-refractivity contribution in [2.24, 2.45) is 0 Å². The molecule has 2 rings (SSSR count). The number of aromatic nitrogens is 1. The Labute approximate surface area is 108 Å². The van der Waals surface area contributed by atoms with Gasteiger partial charge >= 0.3 is 5.97 Å². The summed E-state index contributed by atoms with van der Waals surface area (Å²) < 4.78 is 18.8. The summed E-state index contributed by atoms with van der Waals surface area (Å²) in [5.74, 6) is -1.36. The first-order valence-electron chi connectivity index (χ1n) is 5.35. The summed E-state index contributed by atoms with van der Waals surface area (Å²) >= 11 is 0. The Morgan fingerprint density at radius 2 is 2.16 bits per heavy atom. The van der Waals surface area contributed by atoms with E-state index in [0.717, 1.165) is 0 Å².